The third-order valence-electron chi connectivity index (χ3n) is 3.77. The molecule has 18 heavy (non-hydrogen) atoms. The standard InChI is InChI=1S/C12H16ClN3OS/c1-17-12(4-2-5-12)7-14-10-9-8(3-6-18-9)15-11(13)16-10/h2-7H2,1H3,(H,14,15,16). The number of anilines is 1. The minimum Gasteiger partial charge on any atom is -0.376 e. The second kappa shape index (κ2) is 4.87. The summed E-state index contributed by atoms with van der Waals surface area (Å²) in [6, 6.07) is 0. The number of aryl methyl sites for hydroxylation is 1. The van der Waals surface area contributed by atoms with E-state index in [9.17, 15) is 0 Å². The Morgan fingerprint density at radius 2 is 2.28 bits per heavy atom. The van der Waals surface area contributed by atoms with E-state index in [1.165, 1.54) is 6.42 Å². The summed E-state index contributed by atoms with van der Waals surface area (Å²) >= 11 is 7.76. The second-order valence-corrected chi connectivity index (χ2v) is 6.25. The Bertz CT molecular complexity index is 459. The van der Waals surface area contributed by atoms with E-state index >= 15 is 0 Å². The van der Waals surface area contributed by atoms with Gasteiger partial charge in [0.2, 0.25) is 5.28 Å². The van der Waals surface area contributed by atoms with Gasteiger partial charge in [0.25, 0.3) is 0 Å². The Morgan fingerprint density at radius 1 is 1.44 bits per heavy atom. The van der Waals surface area contributed by atoms with E-state index < -0.39 is 0 Å². The van der Waals surface area contributed by atoms with Gasteiger partial charge in [-0.1, -0.05) is 0 Å². The average Bonchev–Trinajstić information content (AvgIpc) is 2.75. The molecular weight excluding hydrogens is 270 g/mol. The van der Waals surface area contributed by atoms with Gasteiger partial charge >= 0.3 is 0 Å². The van der Waals surface area contributed by atoms with Crippen molar-refractivity contribution in [1.29, 1.82) is 0 Å². The highest BCUT2D eigenvalue weighted by Crippen LogP contribution is 2.38. The van der Waals surface area contributed by atoms with Crippen LogP contribution in [0.5, 0.6) is 0 Å². The first-order valence-electron chi connectivity index (χ1n) is 6.21. The Hall–Kier alpha value is -0.520. The molecular formula is C12H16ClN3OS. The number of halogens is 1. The van der Waals surface area contributed by atoms with Gasteiger partial charge in [-0.2, -0.15) is 4.98 Å². The third-order valence-corrected chi connectivity index (χ3v) is 5.06. The molecule has 98 valence electrons. The summed E-state index contributed by atoms with van der Waals surface area (Å²) < 4.78 is 5.60. The maximum atomic E-state index is 5.96. The molecule has 0 bridgehead atoms. The molecule has 0 aromatic carbocycles. The van der Waals surface area contributed by atoms with Crippen molar-refractivity contribution in [2.45, 2.75) is 36.2 Å². The number of hydrogen-bond donors (Lipinski definition) is 1. The monoisotopic (exact) mass is 285 g/mol. The van der Waals surface area contributed by atoms with Gasteiger partial charge in [0.1, 0.15) is 5.82 Å². The Kier molecular flexibility index (Phi) is 3.38. The molecule has 2 heterocycles. The van der Waals surface area contributed by atoms with Crippen LogP contribution >= 0.6 is 23.4 Å². The number of methoxy groups -OCH3 is 1. The molecule has 0 atom stereocenters. The lowest BCUT2D eigenvalue weighted by atomic mass is 9.80. The van der Waals surface area contributed by atoms with E-state index in [4.69, 9.17) is 16.3 Å². The molecule has 1 N–H and O–H groups in total. The number of rotatable bonds is 4. The van der Waals surface area contributed by atoms with Crippen molar-refractivity contribution in [3.63, 3.8) is 0 Å². The lowest BCUT2D eigenvalue weighted by Gasteiger charge is -2.40. The van der Waals surface area contributed by atoms with E-state index in [1.807, 2.05) is 0 Å². The predicted octanol–water partition coefficient (Wildman–Crippen LogP) is 2.76. The summed E-state index contributed by atoms with van der Waals surface area (Å²) in [5.74, 6) is 1.94. The van der Waals surface area contributed by atoms with Crippen molar-refractivity contribution in [1.82, 2.24) is 9.97 Å². The Morgan fingerprint density at radius 3 is 2.94 bits per heavy atom. The molecule has 0 spiro atoms. The SMILES string of the molecule is COC1(CNc2nc(Cl)nc3c2SCC3)CCC1. The first-order chi connectivity index (χ1) is 8.72. The minimum absolute atomic E-state index is 0.00637. The van der Waals surface area contributed by atoms with Gasteiger partial charge in [-0.25, -0.2) is 4.98 Å². The molecule has 1 saturated carbocycles. The topological polar surface area (TPSA) is 47.0 Å². The summed E-state index contributed by atoms with van der Waals surface area (Å²) in [7, 11) is 1.78. The zero-order valence-electron chi connectivity index (χ0n) is 10.3. The van der Waals surface area contributed by atoms with Crippen LogP contribution in [0.1, 0.15) is 25.0 Å². The summed E-state index contributed by atoms with van der Waals surface area (Å²) in [6.45, 7) is 0.795. The zero-order chi connectivity index (χ0) is 12.6. The van der Waals surface area contributed by atoms with Gasteiger partial charge in [0.05, 0.1) is 16.2 Å². The second-order valence-electron chi connectivity index (χ2n) is 4.81. The molecule has 2 aliphatic rings. The van der Waals surface area contributed by atoms with Gasteiger partial charge in [-0.05, 0) is 30.9 Å². The fourth-order valence-corrected chi connectivity index (χ4v) is 3.68. The van der Waals surface area contributed by atoms with Crippen LogP contribution < -0.4 is 5.32 Å². The molecule has 1 aromatic heterocycles. The largest absolute Gasteiger partial charge is 0.376 e. The van der Waals surface area contributed by atoms with Crippen molar-refractivity contribution in [2.75, 3.05) is 24.7 Å². The summed E-state index contributed by atoms with van der Waals surface area (Å²) in [5.41, 5.74) is 1.07. The van der Waals surface area contributed by atoms with Gasteiger partial charge in [0, 0.05) is 25.8 Å². The molecule has 1 fully saturated rings. The van der Waals surface area contributed by atoms with Gasteiger partial charge in [0.15, 0.2) is 0 Å². The van der Waals surface area contributed by atoms with Crippen molar-refractivity contribution < 1.29 is 4.74 Å². The number of ether oxygens (including phenoxy) is 1. The molecule has 0 amide bonds. The summed E-state index contributed by atoms with van der Waals surface area (Å²) in [6.07, 6.45) is 4.45. The van der Waals surface area contributed by atoms with Crippen molar-refractivity contribution in [2.24, 2.45) is 0 Å². The summed E-state index contributed by atoms with van der Waals surface area (Å²) in [5, 5.41) is 3.73. The lowest BCUT2D eigenvalue weighted by Crippen LogP contribution is -2.45. The molecule has 1 aliphatic carbocycles. The molecule has 4 nitrogen and oxygen atoms in total. The quantitative estimate of drug-likeness (QED) is 0.862. The fourth-order valence-electron chi connectivity index (χ4n) is 2.43. The number of fused-ring (bicyclic) bond motifs is 1. The van der Waals surface area contributed by atoms with Crippen LogP contribution in [-0.2, 0) is 11.2 Å². The third kappa shape index (κ3) is 2.19. The molecule has 0 saturated heterocycles. The van der Waals surface area contributed by atoms with Gasteiger partial charge in [-0.15, -0.1) is 11.8 Å². The molecule has 0 radical (unpaired) electrons. The van der Waals surface area contributed by atoms with Crippen LogP contribution in [-0.4, -0.2) is 35.0 Å². The molecule has 0 unspecified atom stereocenters. The number of aromatic nitrogens is 2. The molecule has 1 aliphatic heterocycles. The van der Waals surface area contributed by atoms with E-state index in [0.29, 0.717) is 5.28 Å². The van der Waals surface area contributed by atoms with Crippen molar-refractivity contribution in [3.8, 4) is 0 Å². The molecule has 3 rings (SSSR count). The number of nitrogens with one attached hydrogen (secondary N) is 1. The van der Waals surface area contributed by atoms with Crippen LogP contribution in [0.15, 0.2) is 4.90 Å². The van der Waals surface area contributed by atoms with Crippen molar-refractivity contribution >= 4 is 29.2 Å². The average molecular weight is 286 g/mol. The van der Waals surface area contributed by atoms with Crippen LogP contribution in [0.4, 0.5) is 5.82 Å². The molecule has 1 aromatic rings. The van der Waals surface area contributed by atoms with Crippen LogP contribution in [0.2, 0.25) is 5.28 Å². The first-order valence-corrected chi connectivity index (χ1v) is 7.57. The van der Waals surface area contributed by atoms with Crippen LogP contribution in [0.25, 0.3) is 0 Å². The maximum absolute atomic E-state index is 5.96. The molecule has 6 heteroatoms. The highest BCUT2D eigenvalue weighted by atomic mass is 35.5. The smallest absolute Gasteiger partial charge is 0.224 e. The highest BCUT2D eigenvalue weighted by molar-refractivity contribution is 7.99. The van der Waals surface area contributed by atoms with Crippen LogP contribution in [0, 0.1) is 0 Å². The van der Waals surface area contributed by atoms with Crippen molar-refractivity contribution in [3.05, 3.63) is 11.0 Å². The number of hydrogen-bond acceptors (Lipinski definition) is 5. The summed E-state index contributed by atoms with van der Waals surface area (Å²) in [4.78, 5) is 9.74. The van der Waals surface area contributed by atoms with Gasteiger partial charge < -0.3 is 10.1 Å². The predicted molar refractivity (Wildman–Crippen MR) is 73.6 cm³/mol. The van der Waals surface area contributed by atoms with E-state index in [-0.39, 0.29) is 5.60 Å². The fraction of sp³-hybridized carbons (Fsp3) is 0.667. The van der Waals surface area contributed by atoms with E-state index in [1.54, 1.807) is 18.9 Å². The van der Waals surface area contributed by atoms with E-state index in [0.717, 1.165) is 48.0 Å². The number of nitrogens with zero attached hydrogens (tertiary/aromatic N) is 2. The Labute approximate surface area is 116 Å². The lowest BCUT2D eigenvalue weighted by molar-refractivity contribution is -0.0602. The van der Waals surface area contributed by atoms with E-state index in [2.05, 4.69) is 15.3 Å². The minimum atomic E-state index is -0.00637. The van der Waals surface area contributed by atoms with Crippen LogP contribution in [0.3, 0.4) is 0 Å². The Balaban J connectivity index is 1.76. The maximum Gasteiger partial charge on any atom is 0.224 e. The zero-order valence-corrected chi connectivity index (χ0v) is 11.9. The first kappa shape index (κ1) is 12.5. The number of thioether (sulfide) groups is 1. The highest BCUT2D eigenvalue weighted by Gasteiger charge is 2.37. The van der Waals surface area contributed by atoms with Gasteiger partial charge in [-0.3, -0.25) is 0 Å². The normalized spacial score (nSPS) is 20.3.